The molecule has 18 heavy (non-hydrogen) atoms. The first-order valence-electron chi connectivity index (χ1n) is 5.81. The van der Waals surface area contributed by atoms with Crippen LogP contribution in [0.5, 0.6) is 0 Å². The fraction of sp³-hybridized carbons (Fsp3) is 0.214. The summed E-state index contributed by atoms with van der Waals surface area (Å²) >= 11 is 0. The molecular weight excluding hydrogens is 224 g/mol. The van der Waals surface area contributed by atoms with Gasteiger partial charge in [-0.3, -0.25) is 0 Å². The zero-order valence-electron chi connectivity index (χ0n) is 10.2. The van der Waals surface area contributed by atoms with E-state index in [2.05, 4.69) is 27.4 Å². The van der Waals surface area contributed by atoms with Gasteiger partial charge >= 0.3 is 0 Å². The number of aryl methyl sites for hydroxylation is 1. The lowest BCUT2D eigenvalue weighted by atomic mass is 10.1. The van der Waals surface area contributed by atoms with Crippen LogP contribution in [-0.4, -0.2) is 16.5 Å². The molecule has 0 bridgehead atoms. The monoisotopic (exact) mass is 238 g/mol. The molecule has 0 saturated carbocycles. The van der Waals surface area contributed by atoms with Crippen molar-refractivity contribution in [2.75, 3.05) is 11.9 Å². The predicted octanol–water partition coefficient (Wildman–Crippen LogP) is 2.31. The second-order valence-corrected chi connectivity index (χ2v) is 3.99. The van der Waals surface area contributed by atoms with Gasteiger partial charge in [-0.25, -0.2) is 9.97 Å². The summed E-state index contributed by atoms with van der Waals surface area (Å²) < 4.78 is 0. The van der Waals surface area contributed by atoms with Gasteiger partial charge in [0.25, 0.3) is 0 Å². The highest BCUT2D eigenvalue weighted by atomic mass is 15.1. The number of rotatable bonds is 4. The third-order valence-corrected chi connectivity index (χ3v) is 2.51. The molecule has 0 aliphatic carbocycles. The maximum atomic E-state index is 8.82. The van der Waals surface area contributed by atoms with E-state index in [1.807, 2.05) is 31.2 Å². The molecule has 4 heteroatoms. The highest BCUT2D eigenvalue weighted by Crippen LogP contribution is 2.05. The Bertz CT molecular complexity index is 558. The quantitative estimate of drug-likeness (QED) is 0.887. The molecule has 0 spiro atoms. The van der Waals surface area contributed by atoms with E-state index in [9.17, 15) is 0 Å². The lowest BCUT2D eigenvalue weighted by molar-refractivity contribution is 0.970. The Morgan fingerprint density at radius 2 is 2.00 bits per heavy atom. The first kappa shape index (κ1) is 12.1. The number of nitrogens with one attached hydrogen (secondary N) is 1. The Balaban J connectivity index is 1.95. The van der Waals surface area contributed by atoms with Gasteiger partial charge in [0.1, 0.15) is 11.8 Å². The zero-order chi connectivity index (χ0) is 12.8. The largest absolute Gasteiger partial charge is 0.354 e. The fourth-order valence-electron chi connectivity index (χ4n) is 1.67. The highest BCUT2D eigenvalue weighted by molar-refractivity contribution is 5.33. The normalized spacial score (nSPS) is 9.78. The van der Waals surface area contributed by atoms with Gasteiger partial charge in [0.05, 0.1) is 0 Å². The first-order valence-corrected chi connectivity index (χ1v) is 5.81. The van der Waals surface area contributed by atoms with E-state index < -0.39 is 0 Å². The summed E-state index contributed by atoms with van der Waals surface area (Å²) in [7, 11) is 0. The molecule has 1 aromatic heterocycles. The lowest BCUT2D eigenvalue weighted by Gasteiger charge is -2.05. The Kier molecular flexibility index (Phi) is 3.87. The molecule has 0 saturated heterocycles. The molecule has 0 radical (unpaired) electrons. The lowest BCUT2D eigenvalue weighted by Crippen LogP contribution is -2.09. The first-order chi connectivity index (χ1) is 8.78. The average molecular weight is 238 g/mol. The Labute approximate surface area is 106 Å². The van der Waals surface area contributed by atoms with Gasteiger partial charge in [0, 0.05) is 12.2 Å². The van der Waals surface area contributed by atoms with E-state index in [-0.39, 0.29) is 0 Å². The number of nitrogens with zero attached hydrogens (tertiary/aromatic N) is 3. The highest BCUT2D eigenvalue weighted by Gasteiger charge is 2.01. The van der Waals surface area contributed by atoms with Crippen LogP contribution < -0.4 is 5.32 Å². The van der Waals surface area contributed by atoms with Crippen molar-refractivity contribution in [2.45, 2.75) is 13.3 Å². The van der Waals surface area contributed by atoms with E-state index in [0.29, 0.717) is 11.6 Å². The van der Waals surface area contributed by atoms with Gasteiger partial charge in [0.15, 0.2) is 0 Å². The molecule has 1 heterocycles. The zero-order valence-corrected chi connectivity index (χ0v) is 10.2. The Hall–Kier alpha value is -2.41. The SMILES string of the molecule is Cc1cc(C#N)nc(NCCc2ccccc2)n1. The molecule has 2 aromatic rings. The van der Waals surface area contributed by atoms with Crippen LogP contribution in [0, 0.1) is 18.3 Å². The minimum absolute atomic E-state index is 0.393. The summed E-state index contributed by atoms with van der Waals surface area (Å²) in [6.07, 6.45) is 0.903. The van der Waals surface area contributed by atoms with Gasteiger partial charge in [0.2, 0.25) is 5.95 Å². The van der Waals surface area contributed by atoms with Crippen LogP contribution >= 0.6 is 0 Å². The van der Waals surface area contributed by atoms with Gasteiger partial charge in [-0.2, -0.15) is 5.26 Å². The third kappa shape index (κ3) is 3.29. The number of hydrogen-bond donors (Lipinski definition) is 1. The van der Waals surface area contributed by atoms with E-state index in [0.717, 1.165) is 18.7 Å². The van der Waals surface area contributed by atoms with Gasteiger partial charge in [-0.1, -0.05) is 30.3 Å². The van der Waals surface area contributed by atoms with E-state index in [1.54, 1.807) is 6.07 Å². The average Bonchev–Trinajstić information content (AvgIpc) is 2.39. The minimum atomic E-state index is 0.393. The molecule has 0 fully saturated rings. The Morgan fingerprint density at radius 1 is 1.22 bits per heavy atom. The van der Waals surface area contributed by atoms with E-state index >= 15 is 0 Å². The second kappa shape index (κ2) is 5.78. The van der Waals surface area contributed by atoms with E-state index in [4.69, 9.17) is 5.26 Å². The molecule has 0 atom stereocenters. The smallest absolute Gasteiger partial charge is 0.224 e. The molecular formula is C14H14N4. The molecule has 4 nitrogen and oxygen atoms in total. The van der Waals surface area contributed by atoms with Crippen LogP contribution in [-0.2, 0) is 6.42 Å². The molecule has 1 N–H and O–H groups in total. The van der Waals surface area contributed by atoms with Crippen LogP contribution in [0.4, 0.5) is 5.95 Å². The van der Waals surface area contributed by atoms with Crippen molar-refractivity contribution in [2.24, 2.45) is 0 Å². The van der Waals surface area contributed by atoms with Crippen molar-refractivity contribution < 1.29 is 0 Å². The molecule has 2 rings (SSSR count). The summed E-state index contributed by atoms with van der Waals surface area (Å²) in [5.74, 6) is 0.516. The molecule has 0 amide bonds. The standard InChI is InChI=1S/C14H14N4/c1-11-9-13(10-15)18-14(17-11)16-8-7-12-5-3-2-4-6-12/h2-6,9H,7-8H2,1H3,(H,16,17,18). The van der Waals surface area contributed by atoms with Crippen molar-refractivity contribution >= 4 is 5.95 Å². The van der Waals surface area contributed by atoms with Crippen LogP contribution in [0.15, 0.2) is 36.4 Å². The van der Waals surface area contributed by atoms with Gasteiger partial charge in [-0.05, 0) is 25.0 Å². The van der Waals surface area contributed by atoms with Crippen molar-refractivity contribution in [1.29, 1.82) is 5.26 Å². The van der Waals surface area contributed by atoms with Crippen LogP contribution in [0.2, 0.25) is 0 Å². The Morgan fingerprint density at radius 3 is 2.72 bits per heavy atom. The van der Waals surface area contributed by atoms with Crippen molar-refractivity contribution in [1.82, 2.24) is 9.97 Å². The third-order valence-electron chi connectivity index (χ3n) is 2.51. The molecule has 0 unspecified atom stereocenters. The van der Waals surface area contributed by atoms with Crippen molar-refractivity contribution in [3.8, 4) is 6.07 Å². The molecule has 1 aromatic carbocycles. The summed E-state index contributed by atoms with van der Waals surface area (Å²) in [5, 5.41) is 12.0. The number of anilines is 1. The minimum Gasteiger partial charge on any atom is -0.354 e. The number of benzene rings is 1. The maximum absolute atomic E-state index is 8.82. The molecule has 0 aliphatic heterocycles. The number of hydrogen-bond acceptors (Lipinski definition) is 4. The molecule has 90 valence electrons. The number of aromatic nitrogens is 2. The fourth-order valence-corrected chi connectivity index (χ4v) is 1.67. The summed E-state index contributed by atoms with van der Waals surface area (Å²) in [5.41, 5.74) is 2.45. The summed E-state index contributed by atoms with van der Waals surface area (Å²) in [6.45, 7) is 2.60. The van der Waals surface area contributed by atoms with Crippen molar-refractivity contribution in [3.63, 3.8) is 0 Å². The van der Waals surface area contributed by atoms with Crippen LogP contribution in [0.3, 0.4) is 0 Å². The summed E-state index contributed by atoms with van der Waals surface area (Å²) in [4.78, 5) is 8.34. The maximum Gasteiger partial charge on any atom is 0.224 e. The topological polar surface area (TPSA) is 61.6 Å². The van der Waals surface area contributed by atoms with Crippen molar-refractivity contribution in [3.05, 3.63) is 53.3 Å². The van der Waals surface area contributed by atoms with Gasteiger partial charge < -0.3 is 5.32 Å². The van der Waals surface area contributed by atoms with Gasteiger partial charge in [-0.15, -0.1) is 0 Å². The molecule has 0 aliphatic rings. The number of nitriles is 1. The predicted molar refractivity (Wildman–Crippen MR) is 70.1 cm³/mol. The van der Waals surface area contributed by atoms with E-state index in [1.165, 1.54) is 5.56 Å². The van der Waals surface area contributed by atoms with Crippen LogP contribution in [0.25, 0.3) is 0 Å². The summed E-state index contributed by atoms with van der Waals surface area (Å²) in [6, 6.07) is 13.9. The van der Waals surface area contributed by atoms with Crippen LogP contribution in [0.1, 0.15) is 17.0 Å². The second-order valence-electron chi connectivity index (χ2n) is 3.99.